The lowest BCUT2D eigenvalue weighted by molar-refractivity contribution is -0.124. The van der Waals surface area contributed by atoms with Gasteiger partial charge in [-0.05, 0) is 25.7 Å². The van der Waals surface area contributed by atoms with Gasteiger partial charge in [0, 0.05) is 11.1 Å². The SMILES string of the molecule is CCCCC1=C(CCCC)C(=O)NC1=O. The van der Waals surface area contributed by atoms with Crippen molar-refractivity contribution in [2.45, 2.75) is 52.4 Å². The third-order valence-corrected chi connectivity index (χ3v) is 2.70. The predicted molar refractivity (Wildman–Crippen MR) is 59.2 cm³/mol. The highest BCUT2D eigenvalue weighted by molar-refractivity contribution is 6.19. The standard InChI is InChI=1S/C12H19NO2/c1-3-5-7-9-10(8-6-4-2)12(15)13-11(9)14/h3-8H2,1-2H3,(H,13,14,15). The number of nitrogens with one attached hydrogen (secondary N) is 1. The van der Waals surface area contributed by atoms with Crippen LogP contribution >= 0.6 is 0 Å². The molecule has 1 N–H and O–H groups in total. The van der Waals surface area contributed by atoms with E-state index in [9.17, 15) is 9.59 Å². The molecule has 84 valence electrons. The summed E-state index contributed by atoms with van der Waals surface area (Å²) in [5.41, 5.74) is 1.46. The summed E-state index contributed by atoms with van der Waals surface area (Å²) in [6.45, 7) is 4.17. The number of amides is 2. The van der Waals surface area contributed by atoms with Crippen molar-refractivity contribution in [3.05, 3.63) is 11.1 Å². The van der Waals surface area contributed by atoms with Crippen molar-refractivity contribution in [1.29, 1.82) is 0 Å². The van der Waals surface area contributed by atoms with Crippen LogP contribution in [-0.4, -0.2) is 11.8 Å². The quantitative estimate of drug-likeness (QED) is 0.682. The summed E-state index contributed by atoms with van der Waals surface area (Å²) in [6, 6.07) is 0. The van der Waals surface area contributed by atoms with Gasteiger partial charge < -0.3 is 0 Å². The van der Waals surface area contributed by atoms with Crippen molar-refractivity contribution in [2.24, 2.45) is 0 Å². The van der Waals surface area contributed by atoms with E-state index < -0.39 is 0 Å². The Hall–Kier alpha value is -1.12. The smallest absolute Gasteiger partial charge is 0.254 e. The number of hydrogen-bond donors (Lipinski definition) is 1. The van der Waals surface area contributed by atoms with Crippen LogP contribution in [0, 0.1) is 0 Å². The predicted octanol–water partition coefficient (Wildman–Crippen LogP) is 2.32. The van der Waals surface area contributed by atoms with E-state index in [4.69, 9.17) is 0 Å². The Balaban J connectivity index is 2.73. The average Bonchev–Trinajstić information content (AvgIpc) is 2.47. The fourth-order valence-electron chi connectivity index (χ4n) is 1.76. The lowest BCUT2D eigenvalue weighted by Crippen LogP contribution is -2.23. The Bertz CT molecular complexity index is 264. The fraction of sp³-hybridized carbons (Fsp3) is 0.667. The van der Waals surface area contributed by atoms with Crippen LogP contribution in [0.3, 0.4) is 0 Å². The topological polar surface area (TPSA) is 46.2 Å². The highest BCUT2D eigenvalue weighted by Crippen LogP contribution is 2.22. The molecule has 2 amide bonds. The van der Waals surface area contributed by atoms with Gasteiger partial charge in [-0.15, -0.1) is 0 Å². The van der Waals surface area contributed by atoms with E-state index in [-0.39, 0.29) is 11.8 Å². The molecule has 1 rings (SSSR count). The van der Waals surface area contributed by atoms with Gasteiger partial charge in [-0.1, -0.05) is 26.7 Å². The second-order valence-corrected chi connectivity index (χ2v) is 3.95. The van der Waals surface area contributed by atoms with E-state index in [1.165, 1.54) is 0 Å². The third kappa shape index (κ3) is 2.91. The minimum Gasteiger partial charge on any atom is -0.289 e. The summed E-state index contributed by atoms with van der Waals surface area (Å²) in [5.74, 6) is -0.334. The van der Waals surface area contributed by atoms with Crippen LogP contribution in [0.15, 0.2) is 11.1 Å². The van der Waals surface area contributed by atoms with Gasteiger partial charge in [0.2, 0.25) is 0 Å². The Morgan fingerprint density at radius 3 is 1.60 bits per heavy atom. The Morgan fingerprint density at radius 2 is 1.27 bits per heavy atom. The molecule has 0 fully saturated rings. The first-order valence-corrected chi connectivity index (χ1v) is 5.78. The van der Waals surface area contributed by atoms with Gasteiger partial charge in [-0.25, -0.2) is 0 Å². The van der Waals surface area contributed by atoms with E-state index in [0.29, 0.717) is 0 Å². The number of hydrogen-bond acceptors (Lipinski definition) is 2. The Kier molecular flexibility index (Phi) is 4.53. The summed E-state index contributed by atoms with van der Waals surface area (Å²) >= 11 is 0. The van der Waals surface area contributed by atoms with Crippen molar-refractivity contribution < 1.29 is 9.59 Å². The van der Waals surface area contributed by atoms with Gasteiger partial charge in [-0.2, -0.15) is 0 Å². The first kappa shape index (κ1) is 12.0. The van der Waals surface area contributed by atoms with Crippen LogP contribution in [0.2, 0.25) is 0 Å². The molecule has 0 aromatic heterocycles. The largest absolute Gasteiger partial charge is 0.289 e. The zero-order valence-electron chi connectivity index (χ0n) is 9.56. The molecule has 0 aliphatic carbocycles. The minimum atomic E-state index is -0.167. The molecule has 1 aliphatic rings. The van der Waals surface area contributed by atoms with Crippen molar-refractivity contribution in [1.82, 2.24) is 5.32 Å². The number of imide groups is 1. The van der Waals surface area contributed by atoms with E-state index in [1.54, 1.807) is 0 Å². The molecule has 0 atom stereocenters. The molecular weight excluding hydrogens is 190 g/mol. The maximum absolute atomic E-state index is 11.5. The number of unbranched alkanes of at least 4 members (excludes halogenated alkanes) is 2. The highest BCUT2D eigenvalue weighted by atomic mass is 16.2. The molecule has 0 aromatic rings. The molecule has 0 saturated heterocycles. The molecule has 3 heteroatoms. The second kappa shape index (κ2) is 5.69. The molecule has 15 heavy (non-hydrogen) atoms. The molecule has 1 heterocycles. The van der Waals surface area contributed by atoms with E-state index in [1.807, 2.05) is 0 Å². The number of carbonyl (C=O) groups is 2. The lowest BCUT2D eigenvalue weighted by Gasteiger charge is -2.01. The van der Waals surface area contributed by atoms with Crippen LogP contribution in [-0.2, 0) is 9.59 Å². The van der Waals surface area contributed by atoms with E-state index >= 15 is 0 Å². The van der Waals surface area contributed by atoms with Gasteiger partial charge in [0.05, 0.1) is 0 Å². The molecular formula is C12H19NO2. The summed E-state index contributed by atoms with van der Waals surface area (Å²) < 4.78 is 0. The maximum Gasteiger partial charge on any atom is 0.254 e. The van der Waals surface area contributed by atoms with Crippen molar-refractivity contribution in [2.75, 3.05) is 0 Å². The minimum absolute atomic E-state index is 0.167. The first-order valence-electron chi connectivity index (χ1n) is 5.78. The average molecular weight is 209 g/mol. The summed E-state index contributed by atoms with van der Waals surface area (Å²) in [7, 11) is 0. The van der Waals surface area contributed by atoms with Crippen LogP contribution in [0.25, 0.3) is 0 Å². The summed E-state index contributed by atoms with van der Waals surface area (Å²) in [6.07, 6.45) is 5.54. The maximum atomic E-state index is 11.5. The zero-order chi connectivity index (χ0) is 11.3. The van der Waals surface area contributed by atoms with Crippen molar-refractivity contribution in [3.63, 3.8) is 0 Å². The lowest BCUT2D eigenvalue weighted by atomic mass is 10.0. The first-order chi connectivity index (χ1) is 7.20. The van der Waals surface area contributed by atoms with E-state index in [0.717, 1.165) is 49.7 Å². The third-order valence-electron chi connectivity index (χ3n) is 2.70. The van der Waals surface area contributed by atoms with Gasteiger partial charge in [0.25, 0.3) is 11.8 Å². The number of rotatable bonds is 6. The highest BCUT2D eigenvalue weighted by Gasteiger charge is 2.28. The van der Waals surface area contributed by atoms with Crippen LogP contribution in [0.4, 0.5) is 0 Å². The van der Waals surface area contributed by atoms with Gasteiger partial charge >= 0.3 is 0 Å². The Morgan fingerprint density at radius 1 is 0.867 bits per heavy atom. The zero-order valence-corrected chi connectivity index (χ0v) is 9.56. The summed E-state index contributed by atoms with van der Waals surface area (Å²) in [5, 5.41) is 2.38. The molecule has 0 unspecified atom stereocenters. The monoisotopic (exact) mass is 209 g/mol. The van der Waals surface area contributed by atoms with Gasteiger partial charge in [0.1, 0.15) is 0 Å². The van der Waals surface area contributed by atoms with Crippen molar-refractivity contribution in [3.8, 4) is 0 Å². The molecule has 0 saturated carbocycles. The van der Waals surface area contributed by atoms with Crippen LogP contribution in [0.1, 0.15) is 52.4 Å². The molecule has 1 aliphatic heterocycles. The second-order valence-electron chi connectivity index (χ2n) is 3.95. The normalized spacial score (nSPS) is 16.1. The summed E-state index contributed by atoms with van der Waals surface area (Å²) in [4.78, 5) is 22.9. The van der Waals surface area contributed by atoms with Crippen LogP contribution < -0.4 is 5.32 Å². The van der Waals surface area contributed by atoms with Gasteiger partial charge in [0.15, 0.2) is 0 Å². The number of carbonyl (C=O) groups excluding carboxylic acids is 2. The van der Waals surface area contributed by atoms with Crippen LogP contribution in [0.5, 0.6) is 0 Å². The van der Waals surface area contributed by atoms with Crippen molar-refractivity contribution >= 4 is 11.8 Å². The van der Waals surface area contributed by atoms with Gasteiger partial charge in [-0.3, -0.25) is 14.9 Å². The molecule has 3 nitrogen and oxygen atoms in total. The molecule has 0 bridgehead atoms. The Labute approximate surface area is 90.9 Å². The molecule has 0 spiro atoms. The molecule has 0 radical (unpaired) electrons. The fourth-order valence-corrected chi connectivity index (χ4v) is 1.76. The van der Waals surface area contributed by atoms with E-state index in [2.05, 4.69) is 19.2 Å². The molecule has 0 aromatic carbocycles.